The van der Waals surface area contributed by atoms with Crippen molar-refractivity contribution in [2.75, 3.05) is 0 Å². The van der Waals surface area contributed by atoms with E-state index >= 15 is 0 Å². The zero-order valence-corrected chi connectivity index (χ0v) is 13.2. The SMILES string of the molecule is CC(Cc1ccsc1)NC(=O)CC(N)CC(C)(C)C. The fourth-order valence-electron chi connectivity index (χ4n) is 2.24. The van der Waals surface area contributed by atoms with Crippen molar-refractivity contribution in [3.8, 4) is 0 Å². The largest absolute Gasteiger partial charge is 0.353 e. The van der Waals surface area contributed by atoms with Crippen molar-refractivity contribution in [1.29, 1.82) is 0 Å². The number of carbonyl (C=O) groups is 1. The van der Waals surface area contributed by atoms with Crippen LogP contribution in [-0.2, 0) is 11.2 Å². The van der Waals surface area contributed by atoms with E-state index in [4.69, 9.17) is 5.73 Å². The molecule has 1 heterocycles. The van der Waals surface area contributed by atoms with Crippen LogP contribution >= 0.6 is 11.3 Å². The molecule has 0 fully saturated rings. The van der Waals surface area contributed by atoms with Gasteiger partial charge in [-0.25, -0.2) is 0 Å². The van der Waals surface area contributed by atoms with Crippen molar-refractivity contribution in [2.45, 2.75) is 59.0 Å². The fourth-order valence-corrected chi connectivity index (χ4v) is 2.93. The van der Waals surface area contributed by atoms with Crippen LogP contribution < -0.4 is 11.1 Å². The lowest BCUT2D eigenvalue weighted by Crippen LogP contribution is -2.38. The number of thiophene rings is 1. The van der Waals surface area contributed by atoms with Gasteiger partial charge >= 0.3 is 0 Å². The Bertz CT molecular complexity index is 381. The van der Waals surface area contributed by atoms with Crippen LogP contribution in [0.4, 0.5) is 0 Å². The van der Waals surface area contributed by atoms with Gasteiger partial charge in [0.25, 0.3) is 0 Å². The standard InChI is InChI=1S/C15H26N2OS/c1-11(7-12-5-6-19-10-12)17-14(18)8-13(16)9-15(2,3)4/h5-6,10-11,13H,7-9,16H2,1-4H3,(H,17,18). The van der Waals surface area contributed by atoms with Gasteiger partial charge < -0.3 is 11.1 Å². The molecule has 3 nitrogen and oxygen atoms in total. The van der Waals surface area contributed by atoms with Crippen LogP contribution in [0.2, 0.25) is 0 Å². The Labute approximate surface area is 120 Å². The lowest BCUT2D eigenvalue weighted by atomic mass is 9.87. The first kappa shape index (κ1) is 16.2. The van der Waals surface area contributed by atoms with E-state index in [0.717, 1.165) is 12.8 Å². The maximum Gasteiger partial charge on any atom is 0.221 e. The van der Waals surface area contributed by atoms with E-state index in [0.29, 0.717) is 6.42 Å². The highest BCUT2D eigenvalue weighted by atomic mass is 32.1. The smallest absolute Gasteiger partial charge is 0.221 e. The van der Waals surface area contributed by atoms with Crippen molar-refractivity contribution in [3.05, 3.63) is 22.4 Å². The molecule has 0 saturated heterocycles. The number of nitrogens with one attached hydrogen (secondary N) is 1. The molecule has 1 rings (SSSR count). The van der Waals surface area contributed by atoms with Crippen LogP contribution in [0.3, 0.4) is 0 Å². The minimum absolute atomic E-state index is 0.0551. The molecule has 19 heavy (non-hydrogen) atoms. The van der Waals surface area contributed by atoms with Crippen molar-refractivity contribution < 1.29 is 4.79 Å². The van der Waals surface area contributed by atoms with Crippen molar-refractivity contribution in [2.24, 2.45) is 11.1 Å². The summed E-state index contributed by atoms with van der Waals surface area (Å²) in [6.07, 6.45) is 2.15. The summed E-state index contributed by atoms with van der Waals surface area (Å²) in [5.41, 5.74) is 7.46. The lowest BCUT2D eigenvalue weighted by molar-refractivity contribution is -0.122. The van der Waals surface area contributed by atoms with Gasteiger partial charge in [-0.15, -0.1) is 0 Å². The third kappa shape index (κ3) is 7.33. The van der Waals surface area contributed by atoms with Crippen LogP contribution in [0.15, 0.2) is 16.8 Å². The zero-order chi connectivity index (χ0) is 14.5. The molecule has 4 heteroatoms. The Morgan fingerprint density at radius 2 is 2.16 bits per heavy atom. The third-order valence-corrected chi connectivity index (χ3v) is 3.58. The first-order chi connectivity index (χ1) is 8.76. The average molecular weight is 282 g/mol. The second-order valence-electron chi connectivity index (χ2n) is 6.53. The van der Waals surface area contributed by atoms with Crippen molar-refractivity contribution in [3.63, 3.8) is 0 Å². The van der Waals surface area contributed by atoms with E-state index in [1.165, 1.54) is 5.56 Å². The van der Waals surface area contributed by atoms with E-state index in [1.807, 2.05) is 6.92 Å². The number of nitrogens with two attached hydrogens (primary N) is 1. The number of amides is 1. The van der Waals surface area contributed by atoms with Crippen LogP contribution in [0, 0.1) is 5.41 Å². The highest BCUT2D eigenvalue weighted by Crippen LogP contribution is 2.21. The Morgan fingerprint density at radius 1 is 1.47 bits per heavy atom. The van der Waals surface area contributed by atoms with Crippen molar-refractivity contribution >= 4 is 17.2 Å². The number of hydrogen-bond donors (Lipinski definition) is 2. The molecule has 3 N–H and O–H groups in total. The maximum absolute atomic E-state index is 11.9. The molecule has 0 bridgehead atoms. The van der Waals surface area contributed by atoms with Gasteiger partial charge in [-0.3, -0.25) is 4.79 Å². The monoisotopic (exact) mass is 282 g/mol. The summed E-state index contributed by atoms with van der Waals surface area (Å²) in [6.45, 7) is 8.46. The summed E-state index contributed by atoms with van der Waals surface area (Å²) in [4.78, 5) is 11.9. The summed E-state index contributed by atoms with van der Waals surface area (Å²) in [5, 5.41) is 7.20. The Morgan fingerprint density at radius 3 is 2.68 bits per heavy atom. The summed E-state index contributed by atoms with van der Waals surface area (Å²) in [6, 6.07) is 2.19. The number of rotatable bonds is 6. The van der Waals surface area contributed by atoms with Gasteiger partial charge in [0.15, 0.2) is 0 Å². The predicted octanol–water partition coefficient (Wildman–Crippen LogP) is 2.95. The fraction of sp³-hybridized carbons (Fsp3) is 0.667. The molecule has 2 atom stereocenters. The summed E-state index contributed by atoms with van der Waals surface area (Å²) in [5.74, 6) is 0.0551. The van der Waals surface area contributed by atoms with Crippen LogP contribution in [0.1, 0.15) is 46.1 Å². The minimum atomic E-state index is -0.0617. The predicted molar refractivity (Wildman–Crippen MR) is 82.3 cm³/mol. The van der Waals surface area contributed by atoms with Gasteiger partial charge in [-0.1, -0.05) is 20.8 Å². The molecule has 0 radical (unpaired) electrons. The molecule has 1 aromatic rings. The number of hydrogen-bond acceptors (Lipinski definition) is 3. The van der Waals surface area contributed by atoms with Gasteiger partial charge in [0.05, 0.1) is 0 Å². The Kier molecular flexibility index (Phi) is 6.01. The Balaban J connectivity index is 2.30. The molecule has 0 spiro atoms. The lowest BCUT2D eigenvalue weighted by Gasteiger charge is -2.23. The zero-order valence-electron chi connectivity index (χ0n) is 12.4. The summed E-state index contributed by atoms with van der Waals surface area (Å²) >= 11 is 1.68. The molecular formula is C15H26N2OS. The van der Waals surface area contributed by atoms with Gasteiger partial charge in [0, 0.05) is 18.5 Å². The van der Waals surface area contributed by atoms with Gasteiger partial charge in [-0.2, -0.15) is 11.3 Å². The molecule has 1 aromatic heterocycles. The highest BCUT2D eigenvalue weighted by molar-refractivity contribution is 7.07. The highest BCUT2D eigenvalue weighted by Gasteiger charge is 2.18. The molecule has 0 saturated carbocycles. The van der Waals surface area contributed by atoms with Crippen LogP contribution in [0.25, 0.3) is 0 Å². The normalized spacial score (nSPS) is 15.0. The minimum Gasteiger partial charge on any atom is -0.353 e. The van der Waals surface area contributed by atoms with Gasteiger partial charge in [0.1, 0.15) is 0 Å². The van der Waals surface area contributed by atoms with Gasteiger partial charge in [0.2, 0.25) is 5.91 Å². The first-order valence-corrected chi connectivity index (χ1v) is 7.76. The maximum atomic E-state index is 11.9. The van der Waals surface area contributed by atoms with Gasteiger partial charge in [-0.05, 0) is 47.6 Å². The molecule has 0 aliphatic heterocycles. The van der Waals surface area contributed by atoms with E-state index in [2.05, 4.69) is 42.9 Å². The molecule has 0 aliphatic rings. The molecule has 0 aromatic carbocycles. The molecular weight excluding hydrogens is 256 g/mol. The second-order valence-corrected chi connectivity index (χ2v) is 7.31. The molecule has 0 aliphatic carbocycles. The van der Waals surface area contributed by atoms with Crippen molar-refractivity contribution in [1.82, 2.24) is 5.32 Å². The molecule has 1 amide bonds. The molecule has 108 valence electrons. The van der Waals surface area contributed by atoms with E-state index < -0.39 is 0 Å². The average Bonchev–Trinajstić information content (AvgIpc) is 2.65. The molecule has 2 unspecified atom stereocenters. The van der Waals surface area contributed by atoms with E-state index in [1.54, 1.807) is 11.3 Å². The van der Waals surface area contributed by atoms with Crippen LogP contribution in [0.5, 0.6) is 0 Å². The quantitative estimate of drug-likeness (QED) is 0.843. The Hall–Kier alpha value is -0.870. The number of carbonyl (C=O) groups excluding carboxylic acids is 1. The van der Waals surface area contributed by atoms with Crippen LogP contribution in [-0.4, -0.2) is 18.0 Å². The van der Waals surface area contributed by atoms with E-state index in [9.17, 15) is 4.79 Å². The van der Waals surface area contributed by atoms with E-state index in [-0.39, 0.29) is 23.4 Å². The first-order valence-electron chi connectivity index (χ1n) is 6.82. The summed E-state index contributed by atoms with van der Waals surface area (Å²) < 4.78 is 0. The second kappa shape index (κ2) is 7.06. The topological polar surface area (TPSA) is 55.1 Å². The summed E-state index contributed by atoms with van der Waals surface area (Å²) in [7, 11) is 0. The third-order valence-electron chi connectivity index (χ3n) is 2.85.